The molecule has 12 heteroatoms. The fraction of sp³-hybridized carbons (Fsp3) is 0.643. The summed E-state index contributed by atoms with van der Waals surface area (Å²) in [5, 5.41) is 0. The van der Waals surface area contributed by atoms with Gasteiger partial charge in [0.05, 0.1) is 19.1 Å². The molecule has 3 rings (SSSR count). The molecule has 1 aromatic rings. The molecule has 1 aromatic carbocycles. The molecule has 0 aromatic heterocycles. The van der Waals surface area contributed by atoms with Crippen LogP contribution in [0.3, 0.4) is 0 Å². The lowest BCUT2D eigenvalue weighted by atomic mass is 9.99. The number of esters is 4. The minimum absolute atomic E-state index is 0.0000918. The third-order valence-electron chi connectivity index (χ3n) is 6.45. The molecule has 0 amide bonds. The van der Waals surface area contributed by atoms with E-state index < -0.39 is 30.4 Å². The van der Waals surface area contributed by atoms with Crippen LogP contribution in [0, 0.1) is 11.8 Å². The molecule has 2 saturated heterocycles. The maximum atomic E-state index is 11.3. The second-order valence-electron chi connectivity index (χ2n) is 9.69. The largest absolute Gasteiger partial charge is 0.497 e. The Balaban J connectivity index is 0.000000305. The van der Waals surface area contributed by atoms with Gasteiger partial charge in [-0.15, -0.1) is 0 Å². The Morgan fingerprint density at radius 1 is 0.675 bits per heavy atom. The van der Waals surface area contributed by atoms with Gasteiger partial charge in [0.25, 0.3) is 0 Å². The van der Waals surface area contributed by atoms with Crippen molar-refractivity contribution in [2.45, 2.75) is 85.3 Å². The highest BCUT2D eigenvalue weighted by atomic mass is 16.7. The second-order valence-corrected chi connectivity index (χ2v) is 9.69. The number of hydrogen-bond acceptors (Lipinski definition) is 12. The van der Waals surface area contributed by atoms with E-state index in [4.69, 9.17) is 37.9 Å². The van der Waals surface area contributed by atoms with Gasteiger partial charge in [0.15, 0.2) is 0 Å². The van der Waals surface area contributed by atoms with Crippen molar-refractivity contribution in [2.75, 3.05) is 20.3 Å². The predicted octanol–water partition coefficient (Wildman–Crippen LogP) is 2.83. The van der Waals surface area contributed by atoms with E-state index in [-0.39, 0.29) is 55.3 Å². The van der Waals surface area contributed by atoms with Gasteiger partial charge < -0.3 is 37.9 Å². The number of benzene rings is 1. The van der Waals surface area contributed by atoms with Crippen molar-refractivity contribution in [2.24, 2.45) is 11.8 Å². The summed E-state index contributed by atoms with van der Waals surface area (Å²) >= 11 is 0. The Morgan fingerprint density at radius 3 is 1.57 bits per heavy atom. The van der Waals surface area contributed by atoms with E-state index in [2.05, 4.69) is 0 Å². The molecule has 0 aliphatic carbocycles. The molecule has 12 nitrogen and oxygen atoms in total. The molecule has 2 fully saturated rings. The molecule has 1 unspecified atom stereocenters. The molecular weight excluding hydrogens is 528 g/mol. The molecule has 0 saturated carbocycles. The topological polar surface area (TPSA) is 142 Å². The van der Waals surface area contributed by atoms with Gasteiger partial charge in [0.2, 0.25) is 6.29 Å². The van der Waals surface area contributed by atoms with Crippen molar-refractivity contribution >= 4 is 23.9 Å². The number of rotatable bonds is 9. The van der Waals surface area contributed by atoms with Crippen molar-refractivity contribution in [1.29, 1.82) is 0 Å². The summed E-state index contributed by atoms with van der Waals surface area (Å²) in [5.41, 5.74) is 0. The van der Waals surface area contributed by atoms with Gasteiger partial charge in [0.1, 0.15) is 49.1 Å². The molecule has 0 bridgehead atoms. The smallest absolute Gasteiger partial charge is 0.303 e. The van der Waals surface area contributed by atoms with Crippen LogP contribution in [0.15, 0.2) is 24.3 Å². The fourth-order valence-corrected chi connectivity index (χ4v) is 4.29. The lowest BCUT2D eigenvalue weighted by molar-refractivity contribution is -0.158. The van der Waals surface area contributed by atoms with E-state index in [1.54, 1.807) is 31.4 Å². The van der Waals surface area contributed by atoms with Gasteiger partial charge in [-0.05, 0) is 31.2 Å². The highest BCUT2D eigenvalue weighted by Crippen LogP contribution is 2.32. The van der Waals surface area contributed by atoms with Gasteiger partial charge in [-0.3, -0.25) is 19.2 Å². The van der Waals surface area contributed by atoms with E-state index in [9.17, 15) is 19.2 Å². The van der Waals surface area contributed by atoms with Crippen molar-refractivity contribution in [3.8, 4) is 11.5 Å². The summed E-state index contributed by atoms with van der Waals surface area (Å²) in [6, 6.07) is 7.06. The molecule has 0 radical (unpaired) electrons. The van der Waals surface area contributed by atoms with Crippen LogP contribution in [0.25, 0.3) is 0 Å². The van der Waals surface area contributed by atoms with Crippen molar-refractivity contribution in [3.63, 3.8) is 0 Å². The Morgan fingerprint density at radius 2 is 1.12 bits per heavy atom. The summed E-state index contributed by atoms with van der Waals surface area (Å²) in [4.78, 5) is 44.0. The fourth-order valence-electron chi connectivity index (χ4n) is 4.29. The zero-order valence-electron chi connectivity index (χ0n) is 24.2. The van der Waals surface area contributed by atoms with E-state index in [0.29, 0.717) is 11.5 Å². The third kappa shape index (κ3) is 9.98. The molecule has 0 spiro atoms. The minimum atomic E-state index is -0.622. The van der Waals surface area contributed by atoms with Crippen LogP contribution in [0.5, 0.6) is 11.5 Å². The van der Waals surface area contributed by atoms with Crippen LogP contribution in [-0.2, 0) is 47.6 Å². The predicted molar refractivity (Wildman–Crippen MR) is 139 cm³/mol. The van der Waals surface area contributed by atoms with E-state index in [1.807, 2.05) is 20.8 Å². The molecule has 0 N–H and O–H groups in total. The molecule has 8 atom stereocenters. The molecule has 40 heavy (non-hydrogen) atoms. The average Bonchev–Trinajstić information content (AvgIpc) is 3.31. The summed E-state index contributed by atoms with van der Waals surface area (Å²) in [6.07, 6.45) is -2.46. The molecule has 2 heterocycles. The minimum Gasteiger partial charge on any atom is -0.497 e. The number of hydrogen-bond donors (Lipinski definition) is 0. The van der Waals surface area contributed by atoms with Crippen LogP contribution in [0.4, 0.5) is 0 Å². The van der Waals surface area contributed by atoms with E-state index >= 15 is 0 Å². The van der Waals surface area contributed by atoms with Crippen LogP contribution in [0.1, 0.15) is 48.5 Å². The van der Waals surface area contributed by atoms with Crippen LogP contribution >= 0.6 is 0 Å². The SMILES string of the molecule is CC(=O)OC[C@H]1O[C@@H](C)[C@H](C)[C@@H]1OC(C)=O.COc1ccc(OC2O[C@H](COC(C)=O)[C@@H](OC(C)=O)[C@H]2C)cc1. The summed E-state index contributed by atoms with van der Waals surface area (Å²) in [7, 11) is 1.58. The van der Waals surface area contributed by atoms with Crippen molar-refractivity contribution in [1.82, 2.24) is 0 Å². The number of ether oxygens (including phenoxy) is 8. The quantitative estimate of drug-likeness (QED) is 0.319. The lowest BCUT2D eigenvalue weighted by Crippen LogP contribution is -2.34. The Labute approximate surface area is 234 Å². The van der Waals surface area contributed by atoms with Gasteiger partial charge in [-0.25, -0.2) is 0 Å². The first-order valence-electron chi connectivity index (χ1n) is 13.0. The Kier molecular flexibility index (Phi) is 12.7. The molecular formula is C28H40O12. The zero-order valence-corrected chi connectivity index (χ0v) is 24.2. The standard InChI is InChI=1S/C17H22O7.C11H18O5/c1-10-16(22-12(3)19)15(9-21-11(2)18)24-17(10)23-14-7-5-13(20-4)6-8-14;1-6-7(2)15-10(5-14-8(3)12)11(6)16-9(4)13/h5-8,10,15-17H,9H2,1-4H3;6-7,10-11H,5H2,1-4H3/t10-,15-,16+,17?;6-,7-,10+,11-/m10/s1. The average molecular weight is 569 g/mol. The van der Waals surface area contributed by atoms with E-state index in [0.717, 1.165) is 0 Å². The van der Waals surface area contributed by atoms with Crippen LogP contribution < -0.4 is 9.47 Å². The molecule has 224 valence electrons. The van der Waals surface area contributed by atoms with Gasteiger partial charge in [-0.1, -0.05) is 13.8 Å². The number of carbonyl (C=O) groups is 4. The first kappa shape index (κ1) is 32.8. The third-order valence-corrected chi connectivity index (χ3v) is 6.45. The van der Waals surface area contributed by atoms with Gasteiger partial charge in [-0.2, -0.15) is 0 Å². The van der Waals surface area contributed by atoms with Crippen LogP contribution in [-0.4, -0.2) is 81.0 Å². The highest BCUT2D eigenvalue weighted by Gasteiger charge is 2.46. The Bertz CT molecular complexity index is 994. The van der Waals surface area contributed by atoms with Crippen molar-refractivity contribution in [3.05, 3.63) is 24.3 Å². The normalized spacial score (nSPS) is 28.9. The number of carbonyl (C=O) groups excluding carboxylic acids is 4. The maximum Gasteiger partial charge on any atom is 0.303 e. The first-order chi connectivity index (χ1) is 18.8. The Hall–Kier alpha value is -3.38. The lowest BCUT2D eigenvalue weighted by Gasteiger charge is -2.20. The highest BCUT2D eigenvalue weighted by molar-refractivity contribution is 5.67. The second kappa shape index (κ2) is 15.4. The summed E-state index contributed by atoms with van der Waals surface area (Å²) in [6.45, 7) is 11.2. The maximum absolute atomic E-state index is 11.3. The summed E-state index contributed by atoms with van der Waals surface area (Å²) < 4.78 is 42.7. The molecule has 2 aliphatic rings. The first-order valence-corrected chi connectivity index (χ1v) is 13.0. The number of methoxy groups -OCH3 is 1. The van der Waals surface area contributed by atoms with Crippen molar-refractivity contribution < 1.29 is 57.1 Å². The zero-order chi connectivity index (χ0) is 30.0. The van der Waals surface area contributed by atoms with E-state index in [1.165, 1.54) is 27.7 Å². The monoisotopic (exact) mass is 568 g/mol. The molecule has 2 aliphatic heterocycles. The van der Waals surface area contributed by atoms with Gasteiger partial charge >= 0.3 is 23.9 Å². The summed E-state index contributed by atoms with van der Waals surface area (Å²) in [5.74, 6) is -0.364. The van der Waals surface area contributed by atoms with Gasteiger partial charge in [0, 0.05) is 33.6 Å². The van der Waals surface area contributed by atoms with Crippen LogP contribution in [0.2, 0.25) is 0 Å².